The molecule has 11 heteroatoms. The molecule has 1 aromatic heterocycles. The van der Waals surface area contributed by atoms with Crippen molar-refractivity contribution in [3.05, 3.63) is 72.6 Å². The van der Waals surface area contributed by atoms with Crippen LogP contribution in [0, 0.1) is 0 Å². The van der Waals surface area contributed by atoms with Gasteiger partial charge in [0.15, 0.2) is 0 Å². The summed E-state index contributed by atoms with van der Waals surface area (Å²) in [5.41, 5.74) is 0.501. The summed E-state index contributed by atoms with van der Waals surface area (Å²) in [7, 11) is -4.12. The number of carbonyl (C=O) groups excluding carboxylic acids is 1. The third kappa shape index (κ3) is 5.13. The molecule has 0 atom stereocenters. The van der Waals surface area contributed by atoms with Crippen LogP contribution in [-0.2, 0) is 10.0 Å². The lowest BCUT2D eigenvalue weighted by Crippen LogP contribution is -2.33. The summed E-state index contributed by atoms with van der Waals surface area (Å²) in [6.07, 6.45) is -1.40. The van der Waals surface area contributed by atoms with Crippen LogP contribution in [0.2, 0.25) is 0 Å². The van der Waals surface area contributed by atoms with Crippen molar-refractivity contribution >= 4 is 21.6 Å². The van der Waals surface area contributed by atoms with E-state index in [9.17, 15) is 26.4 Å². The van der Waals surface area contributed by atoms with Crippen LogP contribution in [0.15, 0.2) is 71.9 Å². The van der Waals surface area contributed by atoms with Gasteiger partial charge >= 0.3 is 6.18 Å². The molecule has 2 N–H and O–H groups in total. The number of alkyl halides is 3. The molecule has 0 unspecified atom stereocenters. The van der Waals surface area contributed by atoms with E-state index in [0.29, 0.717) is 5.69 Å². The normalized spacial score (nSPS) is 11.8. The summed E-state index contributed by atoms with van der Waals surface area (Å²) in [5.74, 6) is -1.03. The number of aromatic nitrogens is 2. The molecule has 0 aliphatic carbocycles. The van der Waals surface area contributed by atoms with E-state index in [4.69, 9.17) is 0 Å². The van der Waals surface area contributed by atoms with E-state index in [-0.39, 0.29) is 16.1 Å². The topological polar surface area (TPSA) is 93.1 Å². The monoisotopic (exact) mass is 424 g/mol. The largest absolute Gasteiger partial charge is 0.405 e. The maximum atomic E-state index is 12.8. The summed E-state index contributed by atoms with van der Waals surface area (Å²) < 4.78 is 66.2. The molecule has 0 saturated heterocycles. The highest BCUT2D eigenvalue weighted by Crippen LogP contribution is 2.23. The van der Waals surface area contributed by atoms with E-state index in [2.05, 4.69) is 9.82 Å². The van der Waals surface area contributed by atoms with E-state index in [1.807, 2.05) is 0 Å². The van der Waals surface area contributed by atoms with Gasteiger partial charge in [0, 0.05) is 18.0 Å². The molecule has 1 heterocycles. The Labute approximate surface area is 164 Å². The first-order valence-corrected chi connectivity index (χ1v) is 9.71. The third-order valence-corrected chi connectivity index (χ3v) is 5.12. The predicted molar refractivity (Wildman–Crippen MR) is 99.2 cm³/mol. The highest BCUT2D eigenvalue weighted by molar-refractivity contribution is 7.92. The van der Waals surface area contributed by atoms with Crippen molar-refractivity contribution < 1.29 is 26.4 Å². The summed E-state index contributed by atoms with van der Waals surface area (Å²) in [6.45, 7) is -1.52. The molecule has 0 bridgehead atoms. The van der Waals surface area contributed by atoms with Crippen molar-refractivity contribution in [1.29, 1.82) is 0 Å². The Kier molecular flexibility index (Phi) is 5.59. The number of amides is 1. The molecule has 0 aliphatic rings. The van der Waals surface area contributed by atoms with Gasteiger partial charge in [-0.25, -0.2) is 13.1 Å². The lowest BCUT2D eigenvalue weighted by molar-refractivity contribution is -0.123. The number of benzene rings is 2. The van der Waals surface area contributed by atoms with Crippen LogP contribution in [0.5, 0.6) is 0 Å². The minimum absolute atomic E-state index is 0.211. The van der Waals surface area contributed by atoms with Gasteiger partial charge in [0.1, 0.15) is 6.54 Å². The van der Waals surface area contributed by atoms with Gasteiger partial charge in [-0.1, -0.05) is 18.2 Å². The minimum Gasteiger partial charge on any atom is -0.343 e. The molecule has 0 fully saturated rings. The molecule has 29 heavy (non-hydrogen) atoms. The van der Waals surface area contributed by atoms with E-state index in [1.165, 1.54) is 35.1 Å². The van der Waals surface area contributed by atoms with Crippen molar-refractivity contribution in [2.24, 2.45) is 0 Å². The van der Waals surface area contributed by atoms with Crippen molar-refractivity contribution in [2.45, 2.75) is 11.1 Å². The molecular formula is C18H15F3N4O3S. The Morgan fingerprint density at radius 2 is 1.83 bits per heavy atom. The second-order valence-electron chi connectivity index (χ2n) is 5.90. The molecule has 152 valence electrons. The van der Waals surface area contributed by atoms with Gasteiger partial charge < -0.3 is 5.32 Å². The first-order chi connectivity index (χ1) is 13.7. The molecule has 1 amide bonds. The molecule has 0 spiro atoms. The van der Waals surface area contributed by atoms with Gasteiger partial charge in [-0.3, -0.25) is 9.52 Å². The molecule has 2 aromatic carbocycles. The van der Waals surface area contributed by atoms with Crippen LogP contribution in [0.4, 0.5) is 18.9 Å². The summed E-state index contributed by atoms with van der Waals surface area (Å²) in [6, 6.07) is 12.9. The van der Waals surface area contributed by atoms with Crippen LogP contribution in [0.3, 0.4) is 0 Å². The number of halogens is 3. The number of rotatable bonds is 6. The second-order valence-corrected chi connectivity index (χ2v) is 7.58. The fourth-order valence-corrected chi connectivity index (χ4v) is 3.58. The van der Waals surface area contributed by atoms with Gasteiger partial charge in [0.2, 0.25) is 0 Å². The average Bonchev–Trinajstić information content (AvgIpc) is 3.20. The van der Waals surface area contributed by atoms with E-state index in [1.54, 1.807) is 35.8 Å². The molecule has 0 aliphatic heterocycles. The van der Waals surface area contributed by atoms with Crippen molar-refractivity contribution in [3.8, 4) is 5.69 Å². The number of nitrogens with zero attached hydrogens (tertiary/aromatic N) is 2. The number of anilines is 1. The van der Waals surface area contributed by atoms with Crippen LogP contribution in [0.25, 0.3) is 5.69 Å². The van der Waals surface area contributed by atoms with Crippen LogP contribution < -0.4 is 10.0 Å². The van der Waals surface area contributed by atoms with Gasteiger partial charge in [0.25, 0.3) is 15.9 Å². The smallest absolute Gasteiger partial charge is 0.343 e. The zero-order valence-electron chi connectivity index (χ0n) is 14.7. The van der Waals surface area contributed by atoms with Gasteiger partial charge in [-0.2, -0.15) is 18.3 Å². The minimum atomic E-state index is -4.57. The fraction of sp³-hybridized carbons (Fsp3) is 0.111. The third-order valence-electron chi connectivity index (χ3n) is 3.76. The zero-order valence-corrected chi connectivity index (χ0v) is 15.5. The number of hydrogen-bond acceptors (Lipinski definition) is 4. The number of nitrogens with one attached hydrogen (secondary N) is 2. The SMILES string of the molecule is O=C(NCC(F)(F)F)c1cccc(S(=O)(=O)Nc2ccccc2-n2cccn2)c1. The summed E-state index contributed by atoms with van der Waals surface area (Å²) in [4.78, 5) is 11.6. The summed E-state index contributed by atoms with van der Waals surface area (Å²) in [5, 5.41) is 5.77. The summed E-state index contributed by atoms with van der Waals surface area (Å²) >= 11 is 0. The van der Waals surface area contributed by atoms with E-state index in [0.717, 1.165) is 6.07 Å². The molecule has 3 rings (SSSR count). The van der Waals surface area contributed by atoms with Gasteiger partial charge in [-0.15, -0.1) is 0 Å². The first-order valence-electron chi connectivity index (χ1n) is 8.23. The number of para-hydroxylation sites is 2. The Bertz CT molecular complexity index is 1110. The molecule has 7 nitrogen and oxygen atoms in total. The standard InChI is InChI=1S/C18H15F3N4O3S/c19-18(20,21)12-22-17(26)13-5-3-6-14(11-13)29(27,28)24-15-7-1-2-8-16(15)25-10-4-9-23-25/h1-11,24H,12H2,(H,22,26). The van der Waals surface area contributed by atoms with Crippen molar-refractivity contribution in [2.75, 3.05) is 11.3 Å². The number of carbonyl (C=O) groups is 1. The van der Waals surface area contributed by atoms with Crippen LogP contribution in [-0.4, -0.2) is 36.8 Å². The Morgan fingerprint density at radius 3 is 2.52 bits per heavy atom. The van der Waals surface area contributed by atoms with Crippen molar-refractivity contribution in [3.63, 3.8) is 0 Å². The predicted octanol–water partition coefficient (Wildman–Crippen LogP) is 2.97. The molecule has 0 radical (unpaired) electrons. The lowest BCUT2D eigenvalue weighted by Gasteiger charge is -2.13. The molecule has 0 saturated carbocycles. The van der Waals surface area contributed by atoms with Crippen molar-refractivity contribution in [1.82, 2.24) is 15.1 Å². The Balaban J connectivity index is 1.85. The fourth-order valence-electron chi connectivity index (χ4n) is 2.46. The van der Waals surface area contributed by atoms with Gasteiger partial charge in [0.05, 0.1) is 16.3 Å². The Morgan fingerprint density at radius 1 is 1.07 bits per heavy atom. The maximum Gasteiger partial charge on any atom is 0.405 e. The lowest BCUT2D eigenvalue weighted by atomic mass is 10.2. The Hall–Kier alpha value is -3.34. The highest BCUT2D eigenvalue weighted by Gasteiger charge is 2.28. The first kappa shape index (κ1) is 20.4. The molecule has 3 aromatic rings. The quantitative estimate of drug-likeness (QED) is 0.636. The number of hydrogen-bond donors (Lipinski definition) is 2. The van der Waals surface area contributed by atoms with E-state index < -0.39 is 28.7 Å². The average molecular weight is 424 g/mol. The van der Waals surface area contributed by atoms with Crippen LogP contribution >= 0.6 is 0 Å². The zero-order chi connectivity index (χ0) is 21.1. The maximum absolute atomic E-state index is 12.8. The van der Waals surface area contributed by atoms with E-state index >= 15 is 0 Å². The second kappa shape index (κ2) is 7.95. The molecular weight excluding hydrogens is 409 g/mol. The van der Waals surface area contributed by atoms with Gasteiger partial charge in [-0.05, 0) is 36.4 Å². The number of sulfonamides is 1. The highest BCUT2D eigenvalue weighted by atomic mass is 32.2. The van der Waals surface area contributed by atoms with Crippen LogP contribution in [0.1, 0.15) is 10.4 Å².